The van der Waals surface area contributed by atoms with Gasteiger partial charge in [-0.2, -0.15) is 0 Å². The van der Waals surface area contributed by atoms with Crippen molar-refractivity contribution >= 4 is 27.5 Å². The second-order valence-electron chi connectivity index (χ2n) is 13.5. The standard InChI is InChI=1S/C34H43N3O7S/c1-10-34(8)24(17-19(2)32(34,4)5)44-23(21-13-11-12-14-22(21)42-9)18-36-29-25(20(3)26(45-29)27-35-15-16-43-27)28(38)37(31(36)41)33(6,7)30(39)40/h11-16,19,23-24H,10,17-18H2,1-9H3,(H,39,40)/t19-,23?,24?,34+/m0/s1. The van der Waals surface area contributed by atoms with E-state index in [1.807, 2.05) is 24.3 Å². The average molecular weight is 638 g/mol. The molecule has 1 saturated carbocycles. The summed E-state index contributed by atoms with van der Waals surface area (Å²) in [6.45, 7) is 15.8. The fraction of sp³-hybridized carbons (Fsp3) is 0.529. The highest BCUT2D eigenvalue weighted by Crippen LogP contribution is 2.59. The Bertz CT molecular complexity index is 1850. The molecular formula is C34H43N3O7S. The van der Waals surface area contributed by atoms with Gasteiger partial charge in [-0.1, -0.05) is 52.8 Å². The summed E-state index contributed by atoms with van der Waals surface area (Å²) in [5, 5.41) is 10.4. The van der Waals surface area contributed by atoms with Gasteiger partial charge in [0.25, 0.3) is 5.56 Å². The first-order valence-corrected chi connectivity index (χ1v) is 16.1. The molecule has 1 fully saturated rings. The number of hydrogen-bond donors (Lipinski definition) is 1. The molecule has 0 radical (unpaired) electrons. The van der Waals surface area contributed by atoms with Gasteiger partial charge in [-0.15, -0.1) is 11.3 Å². The van der Waals surface area contributed by atoms with Crippen molar-refractivity contribution in [1.82, 2.24) is 14.1 Å². The van der Waals surface area contributed by atoms with E-state index in [-0.39, 0.29) is 28.9 Å². The maximum atomic E-state index is 14.4. The molecule has 242 valence electrons. The summed E-state index contributed by atoms with van der Waals surface area (Å²) >= 11 is 1.22. The molecule has 1 aromatic carbocycles. The normalized spacial score (nSPS) is 22.2. The number of methoxy groups -OCH3 is 1. The smallest absolute Gasteiger partial charge is 0.333 e. The minimum Gasteiger partial charge on any atom is -0.496 e. The zero-order chi connectivity index (χ0) is 33.1. The molecule has 3 aromatic heterocycles. The van der Waals surface area contributed by atoms with E-state index in [4.69, 9.17) is 13.9 Å². The quantitative estimate of drug-likeness (QED) is 0.206. The number of benzene rings is 1. The number of nitrogens with zero attached hydrogens (tertiary/aromatic N) is 3. The predicted molar refractivity (Wildman–Crippen MR) is 174 cm³/mol. The van der Waals surface area contributed by atoms with Gasteiger partial charge < -0.3 is 19.0 Å². The Labute approximate surface area is 266 Å². The van der Waals surface area contributed by atoms with E-state index in [1.54, 1.807) is 14.0 Å². The average Bonchev–Trinajstić information content (AvgIpc) is 3.68. The summed E-state index contributed by atoms with van der Waals surface area (Å²) in [7, 11) is 1.60. The highest BCUT2D eigenvalue weighted by Gasteiger charge is 2.56. The first-order chi connectivity index (χ1) is 21.1. The van der Waals surface area contributed by atoms with Crippen molar-refractivity contribution in [2.45, 2.75) is 92.5 Å². The van der Waals surface area contributed by atoms with Crippen molar-refractivity contribution in [3.8, 4) is 16.5 Å². The van der Waals surface area contributed by atoms with Crippen molar-refractivity contribution < 1.29 is 23.8 Å². The molecule has 3 heterocycles. The Morgan fingerprint density at radius 3 is 2.53 bits per heavy atom. The summed E-state index contributed by atoms with van der Waals surface area (Å²) < 4.78 is 20.8. The number of carboxylic acids is 1. The van der Waals surface area contributed by atoms with Crippen LogP contribution < -0.4 is 16.0 Å². The molecule has 2 unspecified atom stereocenters. The monoisotopic (exact) mass is 637 g/mol. The van der Waals surface area contributed by atoms with E-state index in [9.17, 15) is 19.5 Å². The highest BCUT2D eigenvalue weighted by atomic mass is 32.1. The summed E-state index contributed by atoms with van der Waals surface area (Å²) in [4.78, 5) is 46.1. The van der Waals surface area contributed by atoms with Crippen LogP contribution in [0.3, 0.4) is 0 Å². The first kappa shape index (κ1) is 32.7. The number of carboxylic acid groups (broad SMARTS) is 1. The van der Waals surface area contributed by atoms with Crippen molar-refractivity contribution in [2.75, 3.05) is 7.11 Å². The van der Waals surface area contributed by atoms with Crippen LogP contribution in [0.1, 0.15) is 78.5 Å². The molecule has 11 heteroatoms. The van der Waals surface area contributed by atoms with Gasteiger partial charge in [0.2, 0.25) is 5.89 Å². The predicted octanol–water partition coefficient (Wildman–Crippen LogP) is 6.63. The Hall–Kier alpha value is -3.70. The van der Waals surface area contributed by atoms with E-state index in [2.05, 4.69) is 39.6 Å². The molecule has 1 N–H and O–H groups in total. The van der Waals surface area contributed by atoms with Gasteiger partial charge >= 0.3 is 11.7 Å². The number of para-hydroxylation sites is 1. The van der Waals surface area contributed by atoms with Crippen LogP contribution in [0.4, 0.5) is 0 Å². The van der Waals surface area contributed by atoms with Crippen LogP contribution >= 0.6 is 11.3 Å². The lowest BCUT2D eigenvalue weighted by Gasteiger charge is -2.44. The van der Waals surface area contributed by atoms with Crippen LogP contribution in [0, 0.1) is 23.7 Å². The molecule has 4 aromatic rings. The fourth-order valence-electron chi connectivity index (χ4n) is 6.89. The lowest BCUT2D eigenvalue weighted by molar-refractivity contribution is -0.146. The number of aryl methyl sites for hydroxylation is 1. The van der Waals surface area contributed by atoms with Gasteiger partial charge in [-0.05, 0) is 62.0 Å². The molecule has 0 spiro atoms. The molecule has 1 aliphatic carbocycles. The number of rotatable bonds is 10. The molecule has 0 saturated heterocycles. The number of aliphatic carboxylic acids is 1. The number of ether oxygens (including phenoxy) is 2. The van der Waals surface area contributed by atoms with Crippen LogP contribution in [-0.2, 0) is 21.6 Å². The van der Waals surface area contributed by atoms with E-state index in [1.165, 1.54) is 42.2 Å². The minimum atomic E-state index is -1.83. The van der Waals surface area contributed by atoms with E-state index in [0.717, 1.165) is 23.0 Å². The van der Waals surface area contributed by atoms with Gasteiger partial charge in [0.15, 0.2) is 0 Å². The summed E-state index contributed by atoms with van der Waals surface area (Å²) in [5.41, 5.74) is -2.08. The molecule has 1 aliphatic rings. The number of oxazole rings is 1. The van der Waals surface area contributed by atoms with Crippen LogP contribution in [0.2, 0.25) is 0 Å². The van der Waals surface area contributed by atoms with Crippen molar-refractivity contribution in [2.24, 2.45) is 16.7 Å². The van der Waals surface area contributed by atoms with Crippen LogP contribution in [-0.4, -0.2) is 38.4 Å². The largest absolute Gasteiger partial charge is 0.496 e. The van der Waals surface area contributed by atoms with Gasteiger partial charge in [0.1, 0.15) is 28.5 Å². The molecule has 0 aliphatic heterocycles. The van der Waals surface area contributed by atoms with Crippen molar-refractivity contribution in [1.29, 1.82) is 0 Å². The van der Waals surface area contributed by atoms with E-state index in [0.29, 0.717) is 32.8 Å². The van der Waals surface area contributed by atoms with Crippen molar-refractivity contribution in [3.63, 3.8) is 0 Å². The number of fused-ring (bicyclic) bond motifs is 1. The van der Waals surface area contributed by atoms with Gasteiger partial charge in [0.05, 0.1) is 36.2 Å². The molecule has 45 heavy (non-hydrogen) atoms. The van der Waals surface area contributed by atoms with Crippen molar-refractivity contribution in [3.05, 3.63) is 68.7 Å². The summed E-state index contributed by atoms with van der Waals surface area (Å²) in [6, 6.07) is 7.56. The molecule has 0 bridgehead atoms. The number of aromatic nitrogens is 3. The maximum Gasteiger partial charge on any atom is 0.333 e. The Balaban J connectivity index is 1.78. The molecule has 10 nitrogen and oxygen atoms in total. The SMILES string of the molecule is CC[C@]1(C)C(OC(Cn2c(=O)n(C(C)(C)C(=O)O)c(=O)c3c(C)c(-c4ncco4)sc32)c2ccccc2OC)C[C@H](C)C1(C)C. The zero-order valence-corrected chi connectivity index (χ0v) is 28.3. The van der Waals surface area contributed by atoms with Gasteiger partial charge in [-0.25, -0.2) is 19.1 Å². The third kappa shape index (κ3) is 5.04. The molecule has 4 atom stereocenters. The second kappa shape index (κ2) is 11.6. The molecular weight excluding hydrogens is 594 g/mol. The van der Waals surface area contributed by atoms with E-state index >= 15 is 0 Å². The highest BCUT2D eigenvalue weighted by molar-refractivity contribution is 7.22. The number of carbonyl (C=O) groups is 1. The molecule has 0 amide bonds. The Morgan fingerprint density at radius 2 is 1.93 bits per heavy atom. The Kier molecular flexibility index (Phi) is 8.41. The van der Waals surface area contributed by atoms with Crippen LogP contribution in [0.15, 0.2) is 50.7 Å². The third-order valence-electron chi connectivity index (χ3n) is 10.8. The first-order valence-electron chi connectivity index (χ1n) is 15.3. The third-order valence-corrected chi connectivity index (χ3v) is 12.1. The van der Waals surface area contributed by atoms with Crippen LogP contribution in [0.25, 0.3) is 21.0 Å². The second-order valence-corrected chi connectivity index (χ2v) is 14.5. The lowest BCUT2D eigenvalue weighted by atomic mass is 9.64. The Morgan fingerprint density at radius 1 is 1.24 bits per heavy atom. The van der Waals surface area contributed by atoms with Gasteiger partial charge in [0, 0.05) is 5.56 Å². The topological polar surface area (TPSA) is 126 Å². The zero-order valence-electron chi connectivity index (χ0n) is 27.5. The van der Waals surface area contributed by atoms with E-state index < -0.39 is 28.9 Å². The number of hydrogen-bond acceptors (Lipinski definition) is 8. The number of thiophene rings is 1. The maximum absolute atomic E-state index is 14.4. The fourth-order valence-corrected chi connectivity index (χ4v) is 8.13. The summed E-state index contributed by atoms with van der Waals surface area (Å²) in [5.74, 6) is 0.0143. The lowest BCUT2D eigenvalue weighted by Crippen LogP contribution is -2.52. The minimum absolute atomic E-state index is 0.00358. The van der Waals surface area contributed by atoms with Gasteiger partial charge in [-0.3, -0.25) is 9.36 Å². The summed E-state index contributed by atoms with van der Waals surface area (Å²) in [6.07, 6.45) is 3.90. The molecule has 5 rings (SSSR count). The van der Waals surface area contributed by atoms with Crippen LogP contribution in [0.5, 0.6) is 5.75 Å².